The highest BCUT2D eigenvalue weighted by Crippen LogP contribution is 2.34. The van der Waals surface area contributed by atoms with Crippen molar-refractivity contribution in [1.29, 1.82) is 0 Å². The molecule has 0 heterocycles. The van der Waals surface area contributed by atoms with Crippen LogP contribution in [0.25, 0.3) is 0 Å². The predicted octanol–water partition coefficient (Wildman–Crippen LogP) is 5.72. The summed E-state index contributed by atoms with van der Waals surface area (Å²) >= 11 is 0. The molecule has 0 amide bonds. The number of unbranched alkanes of at least 4 members (excludes halogenated alkanes) is 2. The Morgan fingerprint density at radius 3 is 2.59 bits per heavy atom. The van der Waals surface area contributed by atoms with Crippen LogP contribution in [-0.2, 0) is 9.59 Å². The molecule has 3 atom stereocenters. The molecule has 0 bridgehead atoms. The molecule has 5 heteroatoms. The third-order valence-corrected chi connectivity index (χ3v) is 5.57. The number of allylic oxidation sites excluding steroid dienone is 3. The van der Waals surface area contributed by atoms with Crippen molar-refractivity contribution < 1.29 is 24.9 Å². The lowest BCUT2D eigenvalue weighted by Crippen LogP contribution is -2.13. The SMILES string of the molecule is CCCC[C@H](C)CC/C=C/[C@H]1CCC(=O)[C@@H]1CCCC/C(O)=C(\O)C(=O)O. The Balaban J connectivity index is 2.36. The molecule has 27 heavy (non-hydrogen) atoms. The van der Waals surface area contributed by atoms with Crippen LogP contribution >= 0.6 is 0 Å². The van der Waals surface area contributed by atoms with Crippen LogP contribution in [0.2, 0.25) is 0 Å². The van der Waals surface area contributed by atoms with Crippen molar-refractivity contribution in [3.63, 3.8) is 0 Å². The number of carboxylic acids is 1. The van der Waals surface area contributed by atoms with E-state index in [-0.39, 0.29) is 12.3 Å². The van der Waals surface area contributed by atoms with Gasteiger partial charge in [-0.2, -0.15) is 0 Å². The van der Waals surface area contributed by atoms with Gasteiger partial charge in [-0.25, -0.2) is 4.79 Å². The number of hydrogen-bond acceptors (Lipinski definition) is 4. The second kappa shape index (κ2) is 12.6. The minimum Gasteiger partial charge on any atom is -0.508 e. The van der Waals surface area contributed by atoms with Gasteiger partial charge in [0.05, 0.1) is 0 Å². The molecule has 1 aliphatic rings. The summed E-state index contributed by atoms with van der Waals surface area (Å²) in [5, 5.41) is 27.3. The largest absolute Gasteiger partial charge is 0.508 e. The van der Waals surface area contributed by atoms with E-state index in [0.29, 0.717) is 24.5 Å². The lowest BCUT2D eigenvalue weighted by atomic mass is 9.89. The Kier molecular flexibility index (Phi) is 10.8. The van der Waals surface area contributed by atoms with Gasteiger partial charge in [-0.15, -0.1) is 0 Å². The molecule has 0 spiro atoms. The molecule has 154 valence electrons. The molecule has 5 nitrogen and oxygen atoms in total. The third-order valence-electron chi connectivity index (χ3n) is 5.57. The molecule has 1 fully saturated rings. The number of carboxylic acid groups (broad SMARTS) is 1. The molecule has 0 radical (unpaired) electrons. The first kappa shape index (κ1) is 23.3. The molecule has 1 saturated carbocycles. The van der Waals surface area contributed by atoms with Crippen LogP contribution < -0.4 is 0 Å². The molecular formula is C22H36O5. The summed E-state index contributed by atoms with van der Waals surface area (Å²) in [6.07, 6.45) is 14.2. The van der Waals surface area contributed by atoms with Gasteiger partial charge in [-0.3, -0.25) is 4.79 Å². The van der Waals surface area contributed by atoms with Crippen LogP contribution in [0.4, 0.5) is 0 Å². The molecule has 1 rings (SSSR count). The van der Waals surface area contributed by atoms with E-state index in [0.717, 1.165) is 31.6 Å². The van der Waals surface area contributed by atoms with Gasteiger partial charge in [-0.1, -0.05) is 51.7 Å². The van der Waals surface area contributed by atoms with Gasteiger partial charge in [0.15, 0.2) is 0 Å². The van der Waals surface area contributed by atoms with Gasteiger partial charge < -0.3 is 15.3 Å². The number of aliphatic hydroxyl groups excluding tert-OH is 2. The summed E-state index contributed by atoms with van der Waals surface area (Å²) in [7, 11) is 0. The number of ketones is 1. The highest BCUT2D eigenvalue weighted by atomic mass is 16.4. The molecule has 0 unspecified atom stereocenters. The van der Waals surface area contributed by atoms with E-state index in [1.807, 2.05) is 0 Å². The summed E-state index contributed by atoms with van der Waals surface area (Å²) in [6, 6.07) is 0. The van der Waals surface area contributed by atoms with Gasteiger partial charge in [0.2, 0.25) is 5.76 Å². The summed E-state index contributed by atoms with van der Waals surface area (Å²) < 4.78 is 0. The van der Waals surface area contributed by atoms with Gasteiger partial charge in [0.1, 0.15) is 11.5 Å². The fraction of sp³-hybridized carbons (Fsp3) is 0.727. The highest BCUT2D eigenvalue weighted by Gasteiger charge is 2.32. The van der Waals surface area contributed by atoms with Crippen molar-refractivity contribution >= 4 is 11.8 Å². The average Bonchev–Trinajstić information content (AvgIpc) is 2.99. The third kappa shape index (κ3) is 8.63. The summed E-state index contributed by atoms with van der Waals surface area (Å²) in [6.45, 7) is 4.52. The van der Waals surface area contributed by atoms with Gasteiger partial charge in [0.25, 0.3) is 0 Å². The van der Waals surface area contributed by atoms with Crippen LogP contribution in [0, 0.1) is 17.8 Å². The molecule has 3 N–H and O–H groups in total. The lowest BCUT2D eigenvalue weighted by Gasteiger charge is -2.15. The van der Waals surface area contributed by atoms with E-state index < -0.39 is 17.5 Å². The zero-order chi connectivity index (χ0) is 20.2. The first-order valence-corrected chi connectivity index (χ1v) is 10.4. The van der Waals surface area contributed by atoms with Crippen LogP contribution in [0.5, 0.6) is 0 Å². The normalized spacial score (nSPS) is 22.2. The topological polar surface area (TPSA) is 94.8 Å². The minimum absolute atomic E-state index is 0.0398. The zero-order valence-corrected chi connectivity index (χ0v) is 16.8. The van der Waals surface area contributed by atoms with Crippen molar-refractivity contribution in [3.05, 3.63) is 23.7 Å². The Labute approximate surface area is 163 Å². The Hall–Kier alpha value is -1.78. The monoisotopic (exact) mass is 380 g/mol. The second-order valence-corrected chi connectivity index (χ2v) is 7.87. The Bertz CT molecular complexity index is 535. The van der Waals surface area contributed by atoms with E-state index in [4.69, 9.17) is 10.2 Å². The maximum Gasteiger partial charge on any atom is 0.374 e. The predicted molar refractivity (Wildman–Crippen MR) is 107 cm³/mol. The van der Waals surface area contributed by atoms with Crippen LogP contribution in [0.15, 0.2) is 23.7 Å². The standard InChI is InChI=1S/C22H36O5/c1-3-4-9-16(2)10-5-6-11-17-14-15-19(23)18(17)12-7-8-13-20(24)21(25)22(26)27/h6,11,16-18,24-25H,3-5,7-10,12-15H2,1-2H3,(H,26,27)/b11-6+,21-20+/t16-,17-,18+/m0/s1. The fourth-order valence-corrected chi connectivity index (χ4v) is 3.79. The molecular weight excluding hydrogens is 344 g/mol. The average molecular weight is 381 g/mol. The second-order valence-electron chi connectivity index (χ2n) is 7.87. The number of carbonyl (C=O) groups excluding carboxylic acids is 1. The maximum atomic E-state index is 12.2. The molecule has 0 aromatic rings. The van der Waals surface area contributed by atoms with Crippen LogP contribution in [0.3, 0.4) is 0 Å². The van der Waals surface area contributed by atoms with Crippen molar-refractivity contribution in [1.82, 2.24) is 0 Å². The summed E-state index contributed by atoms with van der Waals surface area (Å²) in [5.41, 5.74) is 0. The first-order valence-electron chi connectivity index (χ1n) is 10.4. The number of rotatable bonds is 13. The molecule has 0 saturated heterocycles. The molecule has 1 aliphatic carbocycles. The van der Waals surface area contributed by atoms with Crippen molar-refractivity contribution in [3.8, 4) is 0 Å². The van der Waals surface area contributed by atoms with E-state index in [2.05, 4.69) is 26.0 Å². The molecule has 0 aromatic heterocycles. The van der Waals surface area contributed by atoms with Crippen LogP contribution in [-0.4, -0.2) is 27.1 Å². The van der Waals surface area contributed by atoms with E-state index >= 15 is 0 Å². The number of Topliss-reactive ketones (excluding diaryl/α,β-unsaturated/α-hetero) is 1. The van der Waals surface area contributed by atoms with Crippen LogP contribution in [0.1, 0.15) is 84.5 Å². The van der Waals surface area contributed by atoms with Crippen molar-refractivity contribution in [2.45, 2.75) is 84.5 Å². The Morgan fingerprint density at radius 1 is 1.19 bits per heavy atom. The molecule has 0 aliphatic heterocycles. The van der Waals surface area contributed by atoms with Crippen molar-refractivity contribution in [2.24, 2.45) is 17.8 Å². The van der Waals surface area contributed by atoms with Gasteiger partial charge in [0, 0.05) is 18.8 Å². The van der Waals surface area contributed by atoms with Crippen molar-refractivity contribution in [2.75, 3.05) is 0 Å². The Morgan fingerprint density at radius 2 is 1.93 bits per heavy atom. The van der Waals surface area contributed by atoms with E-state index in [1.54, 1.807) is 0 Å². The number of carbonyl (C=O) groups is 2. The minimum atomic E-state index is -1.52. The fourth-order valence-electron chi connectivity index (χ4n) is 3.79. The summed E-state index contributed by atoms with van der Waals surface area (Å²) in [5.74, 6) is -1.59. The number of hydrogen-bond donors (Lipinski definition) is 3. The van der Waals surface area contributed by atoms with Gasteiger partial charge in [-0.05, 0) is 43.9 Å². The van der Waals surface area contributed by atoms with E-state index in [9.17, 15) is 14.7 Å². The summed E-state index contributed by atoms with van der Waals surface area (Å²) in [4.78, 5) is 22.7. The number of aliphatic hydroxyl groups is 2. The smallest absolute Gasteiger partial charge is 0.374 e. The highest BCUT2D eigenvalue weighted by molar-refractivity contribution is 5.84. The quantitative estimate of drug-likeness (QED) is 0.164. The van der Waals surface area contributed by atoms with E-state index in [1.165, 1.54) is 25.7 Å². The number of aliphatic carboxylic acids is 1. The molecule has 0 aromatic carbocycles. The maximum absolute atomic E-state index is 12.2. The lowest BCUT2D eigenvalue weighted by molar-refractivity contribution is -0.136. The zero-order valence-electron chi connectivity index (χ0n) is 16.8. The first-order chi connectivity index (χ1) is 12.9. The van der Waals surface area contributed by atoms with Gasteiger partial charge >= 0.3 is 5.97 Å².